The second-order valence-corrected chi connectivity index (χ2v) is 6.45. The molecule has 9 nitrogen and oxygen atoms in total. The third-order valence-electron chi connectivity index (χ3n) is 4.04. The molecule has 148 valence electrons. The lowest BCUT2D eigenvalue weighted by Crippen LogP contribution is -2.18. The van der Waals surface area contributed by atoms with Crippen molar-refractivity contribution in [1.82, 2.24) is 9.78 Å². The number of ether oxygens (including phenoxy) is 2. The van der Waals surface area contributed by atoms with E-state index in [4.69, 9.17) is 29.9 Å². The molecule has 2 aromatic carbocycles. The van der Waals surface area contributed by atoms with Gasteiger partial charge in [-0.25, -0.2) is 9.59 Å². The molecule has 0 fully saturated rings. The molecule has 0 radical (unpaired) electrons. The number of hydrogen-bond acceptors (Lipinski definition) is 7. The SMILES string of the molecule is COc1nn(-c2ccc(NC(=O)Oc3cc4cc(Cl)ccc4o3)c(C)c2)c(=O)o1. The number of fused-ring (bicyclic) bond motifs is 1. The predicted molar refractivity (Wildman–Crippen MR) is 104 cm³/mol. The predicted octanol–water partition coefficient (Wildman–Crippen LogP) is 4.15. The van der Waals surface area contributed by atoms with Crippen LogP contribution in [0.4, 0.5) is 10.5 Å². The van der Waals surface area contributed by atoms with Gasteiger partial charge in [-0.05, 0) is 48.9 Å². The van der Waals surface area contributed by atoms with Crippen molar-refractivity contribution >= 4 is 34.4 Å². The topological polar surface area (TPSA) is 109 Å². The molecule has 0 aliphatic carbocycles. The summed E-state index contributed by atoms with van der Waals surface area (Å²) in [6.07, 6.45) is -0.878. The van der Waals surface area contributed by atoms with E-state index in [0.717, 1.165) is 4.68 Å². The summed E-state index contributed by atoms with van der Waals surface area (Å²) < 4.78 is 21.3. The number of carbonyl (C=O) groups is 1. The van der Waals surface area contributed by atoms with Gasteiger partial charge in [-0.2, -0.15) is 4.68 Å². The number of aromatic nitrogens is 2. The van der Waals surface area contributed by atoms with Crippen molar-refractivity contribution in [2.45, 2.75) is 6.92 Å². The largest absolute Gasteiger partial charge is 0.452 e. The highest BCUT2D eigenvalue weighted by molar-refractivity contribution is 6.31. The standard InChI is InChI=1S/C19H14ClN3O6/c1-10-7-13(23-19(25)29-18(22-23)26-2)4-5-14(10)21-17(24)28-16-9-11-8-12(20)3-6-15(11)27-16/h3-9H,1-2H3,(H,21,24). The van der Waals surface area contributed by atoms with Crippen LogP contribution in [0.1, 0.15) is 5.56 Å². The Hall–Kier alpha value is -3.72. The minimum absolute atomic E-state index is 0.0373. The highest BCUT2D eigenvalue weighted by Gasteiger charge is 2.14. The first-order valence-corrected chi connectivity index (χ1v) is 8.74. The monoisotopic (exact) mass is 415 g/mol. The number of rotatable bonds is 4. The van der Waals surface area contributed by atoms with Crippen LogP contribution in [-0.2, 0) is 0 Å². The van der Waals surface area contributed by atoms with Gasteiger partial charge in [0.25, 0.3) is 5.95 Å². The molecule has 0 aliphatic heterocycles. The second-order valence-electron chi connectivity index (χ2n) is 6.01. The van der Waals surface area contributed by atoms with E-state index in [1.807, 2.05) is 0 Å². The van der Waals surface area contributed by atoms with Gasteiger partial charge >= 0.3 is 17.9 Å². The summed E-state index contributed by atoms with van der Waals surface area (Å²) in [5, 5.41) is 7.78. The zero-order valence-corrected chi connectivity index (χ0v) is 16.0. The molecule has 4 rings (SSSR count). The molecule has 29 heavy (non-hydrogen) atoms. The summed E-state index contributed by atoms with van der Waals surface area (Å²) in [6, 6.07) is 11.5. The number of halogens is 1. The zero-order chi connectivity index (χ0) is 20.5. The summed E-state index contributed by atoms with van der Waals surface area (Å²) >= 11 is 5.93. The fourth-order valence-corrected chi connectivity index (χ4v) is 2.87. The van der Waals surface area contributed by atoms with Gasteiger partial charge in [-0.3, -0.25) is 5.32 Å². The van der Waals surface area contributed by atoms with Crippen molar-refractivity contribution in [3.05, 3.63) is 63.6 Å². The second kappa shape index (κ2) is 7.36. The molecule has 0 atom stereocenters. The van der Waals surface area contributed by atoms with E-state index in [1.54, 1.807) is 49.4 Å². The molecule has 0 saturated carbocycles. The molecular formula is C19H14ClN3O6. The Labute approximate surface area is 168 Å². The van der Waals surface area contributed by atoms with Crippen LogP contribution in [0.5, 0.6) is 12.0 Å². The van der Waals surface area contributed by atoms with Crippen LogP contribution in [0.15, 0.2) is 56.1 Å². The van der Waals surface area contributed by atoms with Crippen LogP contribution in [0.2, 0.25) is 5.02 Å². The summed E-state index contributed by atoms with van der Waals surface area (Å²) in [6.45, 7) is 1.75. The van der Waals surface area contributed by atoms with E-state index >= 15 is 0 Å². The van der Waals surface area contributed by atoms with Crippen molar-refractivity contribution in [3.63, 3.8) is 0 Å². The average Bonchev–Trinajstić information content (AvgIpc) is 3.25. The number of benzene rings is 2. The van der Waals surface area contributed by atoms with Crippen molar-refractivity contribution in [1.29, 1.82) is 0 Å². The Morgan fingerprint density at radius 1 is 1.17 bits per heavy atom. The molecule has 10 heteroatoms. The van der Waals surface area contributed by atoms with Gasteiger partial charge in [0.15, 0.2) is 0 Å². The first-order chi connectivity index (χ1) is 13.9. The summed E-state index contributed by atoms with van der Waals surface area (Å²) in [5.74, 6) is -0.651. The maximum atomic E-state index is 12.2. The fourth-order valence-electron chi connectivity index (χ4n) is 2.69. The van der Waals surface area contributed by atoms with Crippen LogP contribution >= 0.6 is 11.6 Å². The molecule has 2 heterocycles. The molecule has 0 spiro atoms. The summed E-state index contributed by atoms with van der Waals surface area (Å²) in [4.78, 5) is 24.0. The van der Waals surface area contributed by atoms with Crippen LogP contribution in [0, 0.1) is 6.92 Å². The van der Waals surface area contributed by atoms with Gasteiger partial charge in [0, 0.05) is 22.2 Å². The Morgan fingerprint density at radius 2 is 2.00 bits per heavy atom. The van der Waals surface area contributed by atoms with Crippen LogP contribution in [0.25, 0.3) is 16.7 Å². The van der Waals surface area contributed by atoms with Crippen LogP contribution in [0.3, 0.4) is 0 Å². The van der Waals surface area contributed by atoms with E-state index in [-0.39, 0.29) is 12.0 Å². The molecule has 1 amide bonds. The lowest BCUT2D eigenvalue weighted by molar-refractivity contribution is 0.203. The number of anilines is 1. The first kappa shape index (κ1) is 18.6. The van der Waals surface area contributed by atoms with E-state index in [9.17, 15) is 9.59 Å². The fraction of sp³-hybridized carbons (Fsp3) is 0.105. The molecular weight excluding hydrogens is 402 g/mol. The number of nitrogens with one attached hydrogen (secondary N) is 1. The van der Waals surface area contributed by atoms with Crippen molar-refractivity contribution < 1.29 is 23.1 Å². The number of furan rings is 1. The van der Waals surface area contributed by atoms with Crippen molar-refractivity contribution in [3.8, 4) is 17.7 Å². The number of amides is 1. The quantitative estimate of drug-likeness (QED) is 0.533. The van der Waals surface area contributed by atoms with Gasteiger partial charge in [-0.15, -0.1) is 0 Å². The lowest BCUT2D eigenvalue weighted by atomic mass is 10.2. The molecule has 2 aromatic heterocycles. The molecule has 0 bridgehead atoms. The van der Waals surface area contributed by atoms with E-state index in [2.05, 4.69) is 10.4 Å². The maximum Gasteiger partial charge on any atom is 0.444 e. The molecule has 0 unspecified atom stereocenters. The zero-order valence-electron chi connectivity index (χ0n) is 15.3. The Kier molecular flexibility index (Phi) is 4.73. The average molecular weight is 416 g/mol. The highest BCUT2D eigenvalue weighted by atomic mass is 35.5. The number of hydrogen-bond donors (Lipinski definition) is 1. The van der Waals surface area contributed by atoms with Gasteiger partial charge in [0.05, 0.1) is 12.8 Å². The summed E-state index contributed by atoms with van der Waals surface area (Å²) in [7, 11) is 1.34. The van der Waals surface area contributed by atoms with E-state index in [1.165, 1.54) is 7.11 Å². The van der Waals surface area contributed by atoms with Gasteiger partial charge in [-0.1, -0.05) is 16.7 Å². The molecule has 0 aliphatic rings. The Balaban J connectivity index is 1.50. The van der Waals surface area contributed by atoms with E-state index in [0.29, 0.717) is 32.9 Å². The van der Waals surface area contributed by atoms with Crippen molar-refractivity contribution in [2.24, 2.45) is 0 Å². The molecule has 1 N–H and O–H groups in total. The van der Waals surface area contributed by atoms with Gasteiger partial charge in [0.1, 0.15) is 5.58 Å². The number of nitrogens with zero attached hydrogens (tertiary/aromatic N) is 2. The minimum Gasteiger partial charge on any atom is -0.452 e. The van der Waals surface area contributed by atoms with Crippen molar-refractivity contribution in [2.75, 3.05) is 12.4 Å². The van der Waals surface area contributed by atoms with Gasteiger partial charge in [0.2, 0.25) is 0 Å². The van der Waals surface area contributed by atoms with Crippen LogP contribution in [-0.4, -0.2) is 23.0 Å². The third kappa shape index (κ3) is 3.81. The highest BCUT2D eigenvalue weighted by Crippen LogP contribution is 2.28. The Bertz CT molecular complexity index is 1270. The number of methoxy groups -OCH3 is 1. The molecule has 4 aromatic rings. The van der Waals surface area contributed by atoms with Crippen LogP contribution < -0.4 is 20.5 Å². The summed E-state index contributed by atoms with van der Waals surface area (Å²) in [5.41, 5.74) is 2.16. The maximum absolute atomic E-state index is 12.2. The van der Waals surface area contributed by atoms with Gasteiger partial charge < -0.3 is 18.3 Å². The number of aryl methyl sites for hydroxylation is 1. The lowest BCUT2D eigenvalue weighted by Gasteiger charge is -2.09. The smallest absolute Gasteiger partial charge is 0.444 e. The number of carbonyl (C=O) groups excluding carboxylic acids is 1. The van der Waals surface area contributed by atoms with E-state index < -0.39 is 11.8 Å². The third-order valence-corrected chi connectivity index (χ3v) is 4.28. The first-order valence-electron chi connectivity index (χ1n) is 8.36. The molecule has 0 saturated heterocycles. The Morgan fingerprint density at radius 3 is 2.72 bits per heavy atom. The minimum atomic E-state index is -0.730. The normalized spacial score (nSPS) is 10.9.